The second-order valence-electron chi connectivity index (χ2n) is 4.84. The van der Waals surface area contributed by atoms with Crippen LogP contribution in [0.2, 0.25) is 0 Å². The first-order valence-corrected chi connectivity index (χ1v) is 6.60. The molecule has 0 spiro atoms. The van der Waals surface area contributed by atoms with Gasteiger partial charge in [-0.25, -0.2) is 13.2 Å². The minimum absolute atomic E-state index is 0.0983. The Hall–Kier alpha value is -1.85. The standard InChI is InChI=1S/C16H16F3NO/c1-10(11-6-7-14(18)15(19)8-11)20-9-16(21)12-4-2-3-5-13(12)17/h2-8,10,16,20-21H,9H2,1H3. The molecule has 0 radical (unpaired) electrons. The number of hydrogen-bond acceptors (Lipinski definition) is 2. The monoisotopic (exact) mass is 295 g/mol. The van der Waals surface area contributed by atoms with Crippen molar-refractivity contribution in [2.45, 2.75) is 19.1 Å². The quantitative estimate of drug-likeness (QED) is 0.885. The van der Waals surface area contributed by atoms with Crippen LogP contribution in [0, 0.1) is 17.5 Å². The number of rotatable bonds is 5. The van der Waals surface area contributed by atoms with Crippen molar-refractivity contribution < 1.29 is 18.3 Å². The smallest absolute Gasteiger partial charge is 0.159 e. The minimum atomic E-state index is -1.01. The molecular formula is C16H16F3NO. The summed E-state index contributed by atoms with van der Waals surface area (Å²) in [6.45, 7) is 1.85. The minimum Gasteiger partial charge on any atom is -0.387 e. The van der Waals surface area contributed by atoms with Gasteiger partial charge in [0.2, 0.25) is 0 Å². The average Bonchev–Trinajstić information content (AvgIpc) is 2.47. The Labute approximate surface area is 121 Å². The molecule has 2 atom stereocenters. The highest BCUT2D eigenvalue weighted by molar-refractivity contribution is 5.22. The molecule has 2 N–H and O–H groups in total. The van der Waals surface area contributed by atoms with Crippen molar-refractivity contribution in [3.05, 3.63) is 71.0 Å². The fraction of sp³-hybridized carbons (Fsp3) is 0.250. The first kappa shape index (κ1) is 15.5. The van der Waals surface area contributed by atoms with Gasteiger partial charge in [0.15, 0.2) is 11.6 Å². The number of benzene rings is 2. The van der Waals surface area contributed by atoms with Gasteiger partial charge in [-0.05, 0) is 30.7 Å². The number of aliphatic hydroxyl groups excluding tert-OH is 1. The van der Waals surface area contributed by atoms with Gasteiger partial charge < -0.3 is 10.4 Å². The van der Waals surface area contributed by atoms with E-state index in [-0.39, 0.29) is 18.2 Å². The Bertz CT molecular complexity index is 618. The van der Waals surface area contributed by atoms with Crippen LogP contribution < -0.4 is 5.32 Å². The Kier molecular flexibility index (Phi) is 4.98. The van der Waals surface area contributed by atoms with E-state index in [0.717, 1.165) is 12.1 Å². The molecule has 2 unspecified atom stereocenters. The fourth-order valence-electron chi connectivity index (χ4n) is 2.04. The Balaban J connectivity index is 1.99. The second-order valence-corrected chi connectivity index (χ2v) is 4.84. The van der Waals surface area contributed by atoms with Crippen LogP contribution >= 0.6 is 0 Å². The third-order valence-electron chi connectivity index (χ3n) is 3.33. The van der Waals surface area contributed by atoms with Crippen LogP contribution in [0.5, 0.6) is 0 Å². The maximum absolute atomic E-state index is 13.5. The molecule has 2 aromatic carbocycles. The summed E-state index contributed by atoms with van der Waals surface area (Å²) in [7, 11) is 0. The zero-order valence-electron chi connectivity index (χ0n) is 11.5. The largest absolute Gasteiger partial charge is 0.387 e. The van der Waals surface area contributed by atoms with Crippen LogP contribution in [0.4, 0.5) is 13.2 Å². The molecule has 0 fully saturated rings. The van der Waals surface area contributed by atoms with Crippen molar-refractivity contribution in [1.29, 1.82) is 0 Å². The van der Waals surface area contributed by atoms with E-state index in [2.05, 4.69) is 5.32 Å². The molecule has 0 bridgehead atoms. The molecule has 0 aromatic heterocycles. The lowest BCUT2D eigenvalue weighted by Crippen LogP contribution is -2.25. The molecule has 2 nitrogen and oxygen atoms in total. The third-order valence-corrected chi connectivity index (χ3v) is 3.33. The first-order chi connectivity index (χ1) is 9.99. The van der Waals surface area contributed by atoms with E-state index in [4.69, 9.17) is 0 Å². The van der Waals surface area contributed by atoms with Gasteiger partial charge in [-0.15, -0.1) is 0 Å². The van der Waals surface area contributed by atoms with Crippen LogP contribution in [-0.4, -0.2) is 11.7 Å². The summed E-state index contributed by atoms with van der Waals surface area (Å²) in [6, 6.07) is 9.27. The Morgan fingerprint density at radius 2 is 1.71 bits per heavy atom. The zero-order valence-corrected chi connectivity index (χ0v) is 11.5. The van der Waals surface area contributed by atoms with Crippen LogP contribution in [0.1, 0.15) is 30.2 Å². The second kappa shape index (κ2) is 6.74. The summed E-state index contributed by atoms with van der Waals surface area (Å²) in [6.07, 6.45) is -1.01. The topological polar surface area (TPSA) is 32.3 Å². The van der Waals surface area contributed by atoms with E-state index in [1.165, 1.54) is 18.2 Å². The predicted octanol–water partition coefficient (Wildman–Crippen LogP) is 3.49. The molecule has 0 aliphatic carbocycles. The van der Waals surface area contributed by atoms with E-state index in [0.29, 0.717) is 5.56 Å². The SMILES string of the molecule is CC(NCC(O)c1ccccc1F)c1ccc(F)c(F)c1. The van der Waals surface area contributed by atoms with Crippen molar-refractivity contribution in [2.24, 2.45) is 0 Å². The van der Waals surface area contributed by atoms with Crippen LogP contribution in [0.15, 0.2) is 42.5 Å². The van der Waals surface area contributed by atoms with Gasteiger partial charge in [0.25, 0.3) is 0 Å². The van der Waals surface area contributed by atoms with Gasteiger partial charge in [0.1, 0.15) is 5.82 Å². The van der Waals surface area contributed by atoms with Crippen molar-refractivity contribution >= 4 is 0 Å². The van der Waals surface area contributed by atoms with Crippen molar-refractivity contribution in [3.63, 3.8) is 0 Å². The molecule has 0 amide bonds. The van der Waals surface area contributed by atoms with E-state index in [9.17, 15) is 18.3 Å². The molecule has 5 heteroatoms. The lowest BCUT2D eigenvalue weighted by molar-refractivity contribution is 0.166. The van der Waals surface area contributed by atoms with E-state index in [1.54, 1.807) is 19.1 Å². The van der Waals surface area contributed by atoms with Crippen molar-refractivity contribution in [2.75, 3.05) is 6.54 Å². The molecule has 112 valence electrons. The summed E-state index contributed by atoms with van der Waals surface area (Å²) >= 11 is 0. The number of hydrogen-bond donors (Lipinski definition) is 2. The van der Waals surface area contributed by atoms with Gasteiger partial charge in [0, 0.05) is 18.2 Å². The highest BCUT2D eigenvalue weighted by Crippen LogP contribution is 2.19. The maximum atomic E-state index is 13.5. The maximum Gasteiger partial charge on any atom is 0.159 e. The van der Waals surface area contributed by atoms with Crippen LogP contribution in [0.3, 0.4) is 0 Å². The van der Waals surface area contributed by atoms with Gasteiger partial charge >= 0.3 is 0 Å². The van der Waals surface area contributed by atoms with E-state index < -0.39 is 23.6 Å². The summed E-state index contributed by atoms with van der Waals surface area (Å²) < 4.78 is 39.5. The summed E-state index contributed by atoms with van der Waals surface area (Å²) in [5.74, 6) is -2.31. The van der Waals surface area contributed by atoms with Crippen molar-refractivity contribution in [3.8, 4) is 0 Å². The van der Waals surface area contributed by atoms with Gasteiger partial charge in [-0.3, -0.25) is 0 Å². The molecule has 0 aliphatic heterocycles. The lowest BCUT2D eigenvalue weighted by Gasteiger charge is -2.18. The van der Waals surface area contributed by atoms with Gasteiger partial charge in [0.05, 0.1) is 6.10 Å². The van der Waals surface area contributed by atoms with Crippen LogP contribution in [-0.2, 0) is 0 Å². The highest BCUT2D eigenvalue weighted by Gasteiger charge is 2.14. The Morgan fingerprint density at radius 3 is 2.38 bits per heavy atom. The van der Waals surface area contributed by atoms with E-state index >= 15 is 0 Å². The normalized spacial score (nSPS) is 14.0. The molecule has 2 aromatic rings. The first-order valence-electron chi connectivity index (χ1n) is 6.60. The molecular weight excluding hydrogens is 279 g/mol. The fourth-order valence-corrected chi connectivity index (χ4v) is 2.04. The summed E-state index contributed by atoms with van der Waals surface area (Å²) in [4.78, 5) is 0. The Morgan fingerprint density at radius 1 is 1.00 bits per heavy atom. The summed E-state index contributed by atoms with van der Waals surface area (Å²) in [5, 5.41) is 12.9. The van der Waals surface area contributed by atoms with Gasteiger partial charge in [-0.2, -0.15) is 0 Å². The van der Waals surface area contributed by atoms with Crippen LogP contribution in [0.25, 0.3) is 0 Å². The molecule has 0 saturated carbocycles. The average molecular weight is 295 g/mol. The third kappa shape index (κ3) is 3.83. The lowest BCUT2D eigenvalue weighted by atomic mass is 10.1. The molecule has 0 aliphatic rings. The van der Waals surface area contributed by atoms with Crippen molar-refractivity contribution in [1.82, 2.24) is 5.32 Å². The molecule has 2 rings (SSSR count). The predicted molar refractivity (Wildman–Crippen MR) is 74.1 cm³/mol. The number of nitrogens with one attached hydrogen (secondary N) is 1. The van der Waals surface area contributed by atoms with E-state index in [1.807, 2.05) is 0 Å². The number of halogens is 3. The molecule has 0 heterocycles. The molecule has 0 saturated heterocycles. The zero-order chi connectivity index (χ0) is 15.4. The number of aliphatic hydroxyl groups is 1. The molecule has 21 heavy (non-hydrogen) atoms. The highest BCUT2D eigenvalue weighted by atomic mass is 19.2. The van der Waals surface area contributed by atoms with Gasteiger partial charge in [-0.1, -0.05) is 24.3 Å². The summed E-state index contributed by atoms with van der Waals surface area (Å²) in [5.41, 5.74) is 0.747.